The van der Waals surface area contributed by atoms with E-state index in [1.54, 1.807) is 46.7 Å². The van der Waals surface area contributed by atoms with E-state index in [1.807, 2.05) is 47.5 Å². The fourth-order valence-corrected chi connectivity index (χ4v) is 11.7. The minimum atomic E-state index is -4.68. The Labute approximate surface area is 453 Å². The summed E-state index contributed by atoms with van der Waals surface area (Å²) < 4.78 is 155. The lowest BCUT2D eigenvalue weighted by Gasteiger charge is -2.42. The Bertz CT molecular complexity index is 3090. The van der Waals surface area contributed by atoms with Gasteiger partial charge in [0.25, 0.3) is 11.8 Å². The van der Waals surface area contributed by atoms with Crippen LogP contribution in [0, 0.1) is 0 Å². The normalized spacial score (nSPS) is 22.9. The molecule has 0 unspecified atom stereocenters. The number of amides is 2. The molecule has 6 aliphatic heterocycles. The van der Waals surface area contributed by atoms with Crippen molar-refractivity contribution in [3.63, 3.8) is 0 Å². The molecule has 0 N–H and O–H groups in total. The predicted octanol–water partition coefficient (Wildman–Crippen LogP) is 8.77. The monoisotopic (exact) mass is 1120 g/mol. The molecular formula is C56H56F10N10O4. The summed E-state index contributed by atoms with van der Waals surface area (Å²) in [6, 6.07) is 19.5. The Morgan fingerprint density at radius 2 is 0.963 bits per heavy atom. The molecule has 14 nitrogen and oxygen atoms in total. The molecule has 80 heavy (non-hydrogen) atoms. The molecule has 424 valence electrons. The highest BCUT2D eigenvalue weighted by atomic mass is 19.4. The number of carbonyl (C=O) groups is 2. The van der Waals surface area contributed by atoms with Crippen molar-refractivity contribution in [1.82, 2.24) is 39.3 Å². The van der Waals surface area contributed by atoms with E-state index in [4.69, 9.17) is 9.47 Å². The highest BCUT2D eigenvalue weighted by Crippen LogP contribution is 2.44. The number of aryl methyl sites for hydroxylation is 2. The van der Waals surface area contributed by atoms with Crippen LogP contribution in [0.4, 0.5) is 55.3 Å². The van der Waals surface area contributed by atoms with E-state index in [1.165, 1.54) is 21.9 Å². The van der Waals surface area contributed by atoms with Crippen molar-refractivity contribution in [1.29, 1.82) is 0 Å². The van der Waals surface area contributed by atoms with E-state index < -0.39 is 70.8 Å². The van der Waals surface area contributed by atoms with Crippen LogP contribution in [-0.4, -0.2) is 128 Å². The third-order valence-electron chi connectivity index (χ3n) is 16.4. The van der Waals surface area contributed by atoms with Gasteiger partial charge in [-0.15, -0.1) is 20.4 Å². The van der Waals surface area contributed by atoms with Gasteiger partial charge in [0.2, 0.25) is 0 Å². The zero-order valence-electron chi connectivity index (χ0n) is 43.6. The van der Waals surface area contributed by atoms with E-state index >= 15 is 0 Å². The molecule has 0 saturated carbocycles. The Morgan fingerprint density at radius 3 is 1.29 bits per heavy atom. The van der Waals surface area contributed by atoms with Gasteiger partial charge in [0, 0.05) is 99.5 Å². The van der Waals surface area contributed by atoms with Crippen LogP contribution < -0.4 is 9.80 Å². The van der Waals surface area contributed by atoms with E-state index in [9.17, 15) is 53.5 Å². The minimum absolute atomic E-state index is 0.00314. The van der Waals surface area contributed by atoms with Crippen molar-refractivity contribution in [2.75, 3.05) is 62.4 Å². The number of likely N-dealkylation sites (tertiary alicyclic amines) is 2. The lowest BCUT2D eigenvalue weighted by Crippen LogP contribution is -2.49. The molecule has 4 aromatic carbocycles. The molecule has 24 heteroatoms. The van der Waals surface area contributed by atoms with Crippen LogP contribution >= 0.6 is 0 Å². The summed E-state index contributed by atoms with van der Waals surface area (Å²) in [5.74, 6) is 0.487. The van der Waals surface area contributed by atoms with Gasteiger partial charge >= 0.3 is 12.4 Å². The number of ether oxygens (including phenoxy) is 2. The number of alkyl halides is 10. The van der Waals surface area contributed by atoms with Crippen molar-refractivity contribution >= 4 is 23.2 Å². The lowest BCUT2D eigenvalue weighted by molar-refractivity contribution is -0.139. The van der Waals surface area contributed by atoms with Crippen molar-refractivity contribution in [2.24, 2.45) is 14.1 Å². The first-order valence-corrected chi connectivity index (χ1v) is 26.2. The van der Waals surface area contributed by atoms with Crippen molar-refractivity contribution < 1.29 is 63.0 Å². The largest absolute Gasteiger partial charge is 0.416 e. The summed E-state index contributed by atoms with van der Waals surface area (Å²) in [6.07, 6.45) is -11.6. The average molecular weight is 1120 g/mol. The van der Waals surface area contributed by atoms with Gasteiger partial charge in [0.05, 0.1) is 50.6 Å². The Hall–Kier alpha value is -6.76. The molecule has 8 heterocycles. The summed E-state index contributed by atoms with van der Waals surface area (Å²) in [7, 11) is 3.70. The first-order valence-electron chi connectivity index (χ1n) is 26.2. The van der Waals surface area contributed by atoms with Gasteiger partial charge in [-0.1, -0.05) is 24.3 Å². The van der Waals surface area contributed by atoms with Crippen LogP contribution in [0.25, 0.3) is 0 Å². The molecule has 2 amide bonds. The zero-order chi connectivity index (χ0) is 56.5. The molecule has 6 aliphatic rings. The second-order valence-corrected chi connectivity index (χ2v) is 21.9. The number of anilines is 2. The van der Waals surface area contributed by atoms with Gasteiger partial charge in [-0.25, -0.2) is 17.6 Å². The van der Waals surface area contributed by atoms with Crippen LogP contribution in [-0.2, 0) is 85.8 Å². The number of rotatable bonds is 12. The highest BCUT2D eigenvalue weighted by Gasteiger charge is 2.46. The first kappa shape index (κ1) is 55.2. The molecule has 4 fully saturated rings. The number of benzene rings is 4. The van der Waals surface area contributed by atoms with Crippen LogP contribution in [0.2, 0.25) is 0 Å². The van der Waals surface area contributed by atoms with Gasteiger partial charge in [0.1, 0.15) is 49.0 Å². The molecule has 12 rings (SSSR count). The molecule has 0 aliphatic carbocycles. The number of piperidine rings is 2. The third kappa shape index (κ3) is 10.7. The maximum absolute atomic E-state index is 14.2. The van der Waals surface area contributed by atoms with E-state index in [-0.39, 0.29) is 98.6 Å². The fraction of sp³-hybridized carbons (Fsp3) is 0.464. The van der Waals surface area contributed by atoms with Gasteiger partial charge < -0.3 is 28.4 Å². The van der Waals surface area contributed by atoms with E-state index in [0.29, 0.717) is 50.6 Å². The summed E-state index contributed by atoms with van der Waals surface area (Å²) in [4.78, 5) is 33.0. The quantitative estimate of drug-likeness (QED) is 0.110. The summed E-state index contributed by atoms with van der Waals surface area (Å²) in [5, 5.41) is 16.2. The molecule has 4 saturated heterocycles. The number of fused-ring (bicyclic) bond motifs is 2. The number of carbonyl (C=O) groups excluding carboxylic acids is 2. The Balaban J connectivity index is 0.000000169. The van der Waals surface area contributed by atoms with Gasteiger partial charge in [-0.3, -0.25) is 19.4 Å². The van der Waals surface area contributed by atoms with Crippen LogP contribution in [0.5, 0.6) is 0 Å². The second kappa shape index (κ2) is 21.3. The topological polar surface area (TPSA) is 127 Å². The third-order valence-corrected chi connectivity index (χ3v) is 16.4. The number of hydrogen-bond acceptors (Lipinski definition) is 10. The van der Waals surface area contributed by atoms with Crippen LogP contribution in [0.15, 0.2) is 85.5 Å². The highest BCUT2D eigenvalue weighted by molar-refractivity contribution is 6.11. The molecule has 4 atom stereocenters. The Kier molecular flexibility index (Phi) is 14.7. The first-order chi connectivity index (χ1) is 38.1. The molecule has 0 radical (unpaired) electrons. The summed E-state index contributed by atoms with van der Waals surface area (Å²) in [6.45, 7) is 1.37. The van der Waals surface area contributed by atoms with Gasteiger partial charge in [-0.05, 0) is 94.8 Å². The van der Waals surface area contributed by atoms with Crippen molar-refractivity contribution in [2.45, 2.75) is 99.7 Å². The number of hydrogen-bond donors (Lipinski definition) is 0. The number of aromatic nitrogens is 6. The fourth-order valence-electron chi connectivity index (χ4n) is 11.7. The maximum Gasteiger partial charge on any atom is 0.416 e. The predicted molar refractivity (Wildman–Crippen MR) is 271 cm³/mol. The van der Waals surface area contributed by atoms with Gasteiger partial charge in [0.15, 0.2) is 0 Å². The van der Waals surface area contributed by atoms with Crippen LogP contribution in [0.1, 0.15) is 89.7 Å². The van der Waals surface area contributed by atoms with E-state index in [0.717, 1.165) is 34.9 Å². The average Bonchev–Trinajstić information content (AvgIpc) is 4.19. The number of nitrogens with zero attached hydrogens (tertiary/aromatic N) is 10. The molecular weight excluding hydrogens is 1070 g/mol. The van der Waals surface area contributed by atoms with E-state index in [2.05, 4.69) is 20.4 Å². The van der Waals surface area contributed by atoms with Crippen molar-refractivity contribution in [3.05, 3.63) is 153 Å². The summed E-state index contributed by atoms with van der Waals surface area (Å²) >= 11 is 0. The molecule has 2 aromatic heterocycles. The molecule has 6 aromatic rings. The Morgan fingerprint density at radius 1 is 0.562 bits per heavy atom. The van der Waals surface area contributed by atoms with Crippen molar-refractivity contribution in [3.8, 4) is 0 Å². The van der Waals surface area contributed by atoms with Gasteiger partial charge in [-0.2, -0.15) is 26.3 Å². The lowest BCUT2D eigenvalue weighted by atomic mass is 9.75. The zero-order valence-corrected chi connectivity index (χ0v) is 43.6. The number of halogens is 10. The maximum atomic E-state index is 14.2. The minimum Gasteiger partial charge on any atom is -0.379 e. The SMILES string of the molecule is Cn1cnnc1CC1(c2cccc(N3Cc4c(cc(CN5CC[C@@H](F)[C@H](F)C5)cc4C(F)(F)F)C3=O)c2)COC1.Cn1cnnc1CC1(c2cccc(N3Cc4c(cc(CN5CC[C@H](F)[C@@H](F)C5)cc4C(F)(F)F)C3=O)c2)COC1. The second-order valence-electron chi connectivity index (χ2n) is 21.9. The standard InChI is InChI=1S/2C28H28F5N5O2/c2*1-36-16-34-35-25(36)10-27(14-40-15-27)18-3-2-4-19(9-18)38-12-21-20(26(38)39)7-17(8-22(21)28(31,32)33)11-37-6-5-23(29)24(30)13-37/h2*2-4,7-9,16,23-24H,5-6,10-15H2,1H3/t2*23-,24-/m10/s1. The molecule has 0 spiro atoms. The van der Waals surface area contributed by atoms with Crippen LogP contribution in [0.3, 0.4) is 0 Å². The summed E-state index contributed by atoms with van der Waals surface area (Å²) in [5.41, 5.74) is 0.515. The molecule has 0 bridgehead atoms. The smallest absolute Gasteiger partial charge is 0.379 e.